The fraction of sp³-hybridized carbons (Fsp3) is 0.133. The van der Waals surface area contributed by atoms with Crippen molar-refractivity contribution >= 4 is 29.2 Å². The van der Waals surface area contributed by atoms with Gasteiger partial charge in [-0.3, -0.25) is 15.1 Å². The highest BCUT2D eigenvalue weighted by molar-refractivity contribution is 6.33. The molecule has 0 unspecified atom stereocenters. The van der Waals surface area contributed by atoms with E-state index >= 15 is 0 Å². The number of aromatic hydroxyl groups is 1. The second kappa shape index (κ2) is 5.93. The van der Waals surface area contributed by atoms with E-state index < -0.39 is 10.7 Å². The van der Waals surface area contributed by atoms with Crippen LogP contribution in [0.4, 0.5) is 11.4 Å². The van der Waals surface area contributed by atoms with Gasteiger partial charge in [-0.1, -0.05) is 17.7 Å². The smallest absolute Gasteiger partial charge is 0.311 e. The Bertz CT molecular complexity index is 742. The minimum atomic E-state index is -0.626. The first-order valence-corrected chi connectivity index (χ1v) is 6.54. The van der Waals surface area contributed by atoms with Crippen LogP contribution in [0.25, 0.3) is 0 Å². The standard InChI is InChI=1S/C15H13ClN2O3/c1-9-3-4-13(12(16)6-9)17-8-11-5-10(2)7-14(15(11)19)18(20)21/h3-8,19H,1-2H3. The maximum Gasteiger partial charge on any atom is 0.311 e. The molecule has 0 fully saturated rings. The van der Waals surface area contributed by atoms with Gasteiger partial charge in [-0.2, -0.15) is 0 Å². The molecule has 2 aromatic rings. The topological polar surface area (TPSA) is 75.7 Å². The van der Waals surface area contributed by atoms with Gasteiger partial charge in [0.2, 0.25) is 5.75 Å². The van der Waals surface area contributed by atoms with E-state index in [1.807, 2.05) is 13.0 Å². The molecule has 0 bridgehead atoms. The number of phenolic OH excluding ortho intramolecular Hbond substituents is 1. The summed E-state index contributed by atoms with van der Waals surface area (Å²) in [5.41, 5.74) is 2.14. The van der Waals surface area contributed by atoms with Crippen molar-refractivity contribution in [2.75, 3.05) is 0 Å². The highest BCUT2D eigenvalue weighted by atomic mass is 35.5. The van der Waals surface area contributed by atoms with E-state index in [9.17, 15) is 15.2 Å². The Morgan fingerprint density at radius 3 is 2.57 bits per heavy atom. The van der Waals surface area contributed by atoms with Crippen LogP contribution in [-0.2, 0) is 0 Å². The number of aryl methyl sites for hydroxylation is 2. The van der Waals surface area contributed by atoms with Crippen LogP contribution in [0.15, 0.2) is 35.3 Å². The minimum absolute atomic E-state index is 0.276. The van der Waals surface area contributed by atoms with E-state index in [1.165, 1.54) is 12.3 Å². The number of aliphatic imine (C=N–C) groups is 1. The Labute approximate surface area is 126 Å². The summed E-state index contributed by atoms with van der Waals surface area (Å²) in [4.78, 5) is 14.4. The number of rotatable bonds is 3. The normalized spacial score (nSPS) is 11.0. The van der Waals surface area contributed by atoms with Gasteiger partial charge in [0.1, 0.15) is 0 Å². The average molecular weight is 305 g/mol. The highest BCUT2D eigenvalue weighted by Crippen LogP contribution is 2.31. The zero-order valence-electron chi connectivity index (χ0n) is 11.5. The molecule has 0 atom stereocenters. The van der Waals surface area contributed by atoms with Crippen LogP contribution in [-0.4, -0.2) is 16.2 Å². The van der Waals surface area contributed by atoms with Gasteiger partial charge in [-0.05, 0) is 43.2 Å². The first-order valence-electron chi connectivity index (χ1n) is 6.16. The molecule has 0 spiro atoms. The number of nitrogens with zero attached hydrogens (tertiary/aromatic N) is 2. The van der Waals surface area contributed by atoms with Crippen molar-refractivity contribution in [2.24, 2.45) is 4.99 Å². The molecule has 0 radical (unpaired) electrons. The second-order valence-electron chi connectivity index (χ2n) is 4.69. The van der Waals surface area contributed by atoms with Gasteiger partial charge in [0.25, 0.3) is 0 Å². The molecule has 6 heteroatoms. The molecular weight excluding hydrogens is 292 g/mol. The average Bonchev–Trinajstić information content (AvgIpc) is 2.40. The van der Waals surface area contributed by atoms with Crippen LogP contribution in [0.1, 0.15) is 16.7 Å². The van der Waals surface area contributed by atoms with Crippen LogP contribution < -0.4 is 0 Å². The molecule has 0 saturated carbocycles. The molecule has 1 N–H and O–H groups in total. The second-order valence-corrected chi connectivity index (χ2v) is 5.10. The van der Waals surface area contributed by atoms with E-state index in [1.54, 1.807) is 25.1 Å². The lowest BCUT2D eigenvalue weighted by molar-refractivity contribution is -0.385. The molecule has 108 valence electrons. The number of hydrogen-bond donors (Lipinski definition) is 1. The summed E-state index contributed by atoms with van der Waals surface area (Å²) in [5, 5.41) is 21.3. The molecule has 0 aliphatic rings. The van der Waals surface area contributed by atoms with Gasteiger partial charge in [0, 0.05) is 17.8 Å². The fourth-order valence-electron chi connectivity index (χ4n) is 1.88. The molecule has 0 aliphatic carbocycles. The number of halogens is 1. The highest BCUT2D eigenvalue weighted by Gasteiger charge is 2.17. The molecule has 2 aromatic carbocycles. The number of phenols is 1. The molecule has 0 amide bonds. The van der Waals surface area contributed by atoms with Crippen molar-refractivity contribution < 1.29 is 10.0 Å². The molecule has 21 heavy (non-hydrogen) atoms. The summed E-state index contributed by atoms with van der Waals surface area (Å²) in [7, 11) is 0. The summed E-state index contributed by atoms with van der Waals surface area (Å²) < 4.78 is 0. The predicted octanol–water partition coefficient (Wildman–Crippen LogP) is 4.32. The Kier molecular flexibility index (Phi) is 4.23. The van der Waals surface area contributed by atoms with Crippen molar-refractivity contribution in [3.8, 4) is 5.75 Å². The quantitative estimate of drug-likeness (QED) is 0.521. The van der Waals surface area contributed by atoms with E-state index in [0.717, 1.165) is 5.56 Å². The summed E-state index contributed by atoms with van der Waals surface area (Å²) >= 11 is 6.06. The largest absolute Gasteiger partial charge is 0.502 e. The maximum atomic E-state index is 10.9. The Balaban J connectivity index is 2.43. The maximum absolute atomic E-state index is 10.9. The third-order valence-corrected chi connectivity index (χ3v) is 3.21. The van der Waals surface area contributed by atoms with Crippen molar-refractivity contribution in [1.82, 2.24) is 0 Å². The molecule has 5 nitrogen and oxygen atoms in total. The van der Waals surface area contributed by atoms with Gasteiger partial charge in [0.05, 0.1) is 15.6 Å². The Morgan fingerprint density at radius 1 is 1.24 bits per heavy atom. The van der Waals surface area contributed by atoms with E-state index in [4.69, 9.17) is 11.6 Å². The lowest BCUT2D eigenvalue weighted by atomic mass is 10.1. The molecule has 2 rings (SSSR count). The van der Waals surface area contributed by atoms with Crippen LogP contribution in [0.2, 0.25) is 5.02 Å². The first-order chi connectivity index (χ1) is 9.88. The zero-order chi connectivity index (χ0) is 15.6. The van der Waals surface area contributed by atoms with E-state index in [0.29, 0.717) is 16.3 Å². The first kappa shape index (κ1) is 15.0. The van der Waals surface area contributed by atoms with Gasteiger partial charge in [-0.25, -0.2) is 0 Å². The number of nitro groups is 1. The number of hydrogen-bond acceptors (Lipinski definition) is 4. The van der Waals surface area contributed by atoms with Gasteiger partial charge in [-0.15, -0.1) is 0 Å². The van der Waals surface area contributed by atoms with Crippen LogP contribution in [0.5, 0.6) is 5.75 Å². The number of benzene rings is 2. The lowest BCUT2D eigenvalue weighted by Gasteiger charge is -2.03. The van der Waals surface area contributed by atoms with Gasteiger partial charge >= 0.3 is 5.69 Å². The third kappa shape index (κ3) is 3.38. The molecular formula is C15H13ClN2O3. The van der Waals surface area contributed by atoms with Crippen LogP contribution in [0.3, 0.4) is 0 Å². The summed E-state index contributed by atoms with van der Waals surface area (Å²) in [6.07, 6.45) is 1.37. The zero-order valence-corrected chi connectivity index (χ0v) is 12.3. The number of nitro benzene ring substituents is 1. The summed E-state index contributed by atoms with van der Waals surface area (Å²) in [5.74, 6) is -0.405. The third-order valence-electron chi connectivity index (χ3n) is 2.91. The summed E-state index contributed by atoms with van der Waals surface area (Å²) in [6, 6.07) is 8.30. The lowest BCUT2D eigenvalue weighted by Crippen LogP contribution is -1.93. The Hall–Kier alpha value is -2.40. The van der Waals surface area contributed by atoms with Crippen LogP contribution in [0, 0.1) is 24.0 Å². The minimum Gasteiger partial charge on any atom is -0.502 e. The monoisotopic (exact) mass is 304 g/mol. The summed E-state index contributed by atoms with van der Waals surface area (Å²) in [6.45, 7) is 3.62. The predicted molar refractivity (Wildman–Crippen MR) is 82.9 cm³/mol. The fourth-order valence-corrected chi connectivity index (χ4v) is 2.16. The van der Waals surface area contributed by atoms with Crippen molar-refractivity contribution in [3.05, 3.63) is 62.2 Å². The molecule has 0 saturated heterocycles. The van der Waals surface area contributed by atoms with Gasteiger partial charge < -0.3 is 5.11 Å². The van der Waals surface area contributed by atoms with Crippen LogP contribution >= 0.6 is 11.6 Å². The molecule has 0 aromatic heterocycles. The molecule has 0 aliphatic heterocycles. The Morgan fingerprint density at radius 2 is 1.95 bits per heavy atom. The van der Waals surface area contributed by atoms with Gasteiger partial charge in [0.15, 0.2) is 0 Å². The molecule has 0 heterocycles. The SMILES string of the molecule is Cc1ccc(N=Cc2cc(C)cc([N+](=O)[O-])c2O)c(Cl)c1. The van der Waals surface area contributed by atoms with Crippen molar-refractivity contribution in [3.63, 3.8) is 0 Å². The van der Waals surface area contributed by atoms with E-state index in [2.05, 4.69) is 4.99 Å². The van der Waals surface area contributed by atoms with Crippen molar-refractivity contribution in [1.29, 1.82) is 0 Å². The van der Waals surface area contributed by atoms with E-state index in [-0.39, 0.29) is 11.3 Å². The van der Waals surface area contributed by atoms with Crippen molar-refractivity contribution in [2.45, 2.75) is 13.8 Å².